The standard InChI is InChI=1S/C16H6N5O3/c17-7-11-3-1-5-15(13(11)9-19)23-21(22)24-16-6-2-4-12(8-18)14(16)10-20/h1-6H/q+1. The lowest BCUT2D eigenvalue weighted by Crippen LogP contribution is -2.18. The Bertz CT molecular complexity index is 907. The molecule has 0 aliphatic carbocycles. The fraction of sp³-hybridized carbons (Fsp3) is 0. The number of hydrogen-bond acceptors (Lipinski definition) is 7. The maximum absolute atomic E-state index is 11.8. The van der Waals surface area contributed by atoms with Crippen molar-refractivity contribution in [3.63, 3.8) is 0 Å². The highest BCUT2D eigenvalue weighted by atomic mass is 17.0. The van der Waals surface area contributed by atoms with Gasteiger partial charge in [0.15, 0.2) is 0 Å². The van der Waals surface area contributed by atoms with Crippen molar-refractivity contribution >= 4 is 0 Å². The molecule has 0 N–H and O–H groups in total. The number of nitrogens with zero attached hydrogens (tertiary/aromatic N) is 5. The molecule has 2 aromatic rings. The lowest BCUT2D eigenvalue weighted by atomic mass is 10.1. The third-order valence-electron chi connectivity index (χ3n) is 2.86. The van der Waals surface area contributed by atoms with E-state index in [0.717, 1.165) is 0 Å². The van der Waals surface area contributed by atoms with Crippen LogP contribution in [-0.4, -0.2) is 5.09 Å². The summed E-state index contributed by atoms with van der Waals surface area (Å²) in [5.74, 6) is -0.358. The molecule has 0 amide bonds. The molecule has 0 aliphatic heterocycles. The predicted octanol–water partition coefficient (Wildman–Crippen LogP) is 2.24. The van der Waals surface area contributed by atoms with Gasteiger partial charge in [0.05, 0.1) is 11.1 Å². The molecule has 0 heterocycles. The number of rotatable bonds is 4. The summed E-state index contributed by atoms with van der Waals surface area (Å²) in [6, 6.07) is 15.4. The third kappa shape index (κ3) is 3.09. The van der Waals surface area contributed by atoms with Crippen LogP contribution in [0, 0.1) is 50.2 Å². The lowest BCUT2D eigenvalue weighted by molar-refractivity contribution is -0.920. The first kappa shape index (κ1) is 16.0. The minimum absolute atomic E-state index is 0.0348. The molecule has 112 valence electrons. The summed E-state index contributed by atoms with van der Waals surface area (Å²) in [4.78, 5) is 21.5. The molecule has 0 spiro atoms. The zero-order valence-corrected chi connectivity index (χ0v) is 11.9. The summed E-state index contributed by atoms with van der Waals surface area (Å²) in [6.07, 6.45) is 0. The minimum Gasteiger partial charge on any atom is -0.192 e. The maximum atomic E-state index is 11.8. The van der Waals surface area contributed by atoms with Gasteiger partial charge in [0, 0.05) is 0 Å². The summed E-state index contributed by atoms with van der Waals surface area (Å²) in [7, 11) is 0. The molecule has 0 bridgehead atoms. The van der Waals surface area contributed by atoms with Crippen LogP contribution in [0.3, 0.4) is 0 Å². The molecular formula is C16H6N5O3+. The van der Waals surface area contributed by atoms with Crippen molar-refractivity contribution in [2.75, 3.05) is 0 Å². The third-order valence-corrected chi connectivity index (χ3v) is 2.86. The molecule has 2 aromatic carbocycles. The van der Waals surface area contributed by atoms with Gasteiger partial charge in [0.2, 0.25) is 11.5 Å². The van der Waals surface area contributed by atoms with Crippen molar-refractivity contribution in [2.24, 2.45) is 0 Å². The van der Waals surface area contributed by atoms with E-state index in [1.807, 2.05) is 0 Å². The van der Waals surface area contributed by atoms with Crippen LogP contribution in [0.4, 0.5) is 0 Å². The highest BCUT2D eigenvalue weighted by Crippen LogP contribution is 2.24. The summed E-state index contributed by atoms with van der Waals surface area (Å²) in [6.45, 7) is 0. The Morgan fingerprint density at radius 2 is 1.12 bits per heavy atom. The molecule has 0 aliphatic rings. The second-order valence-electron chi connectivity index (χ2n) is 4.21. The van der Waals surface area contributed by atoms with E-state index in [1.54, 1.807) is 24.3 Å². The van der Waals surface area contributed by atoms with E-state index in [4.69, 9.17) is 30.7 Å². The predicted molar refractivity (Wildman–Crippen MR) is 76.6 cm³/mol. The Kier molecular flexibility index (Phi) is 4.69. The zero-order chi connectivity index (χ0) is 17.5. The van der Waals surface area contributed by atoms with E-state index >= 15 is 0 Å². The smallest absolute Gasteiger partial charge is 0.192 e. The van der Waals surface area contributed by atoms with Crippen molar-refractivity contribution < 1.29 is 14.8 Å². The maximum Gasteiger partial charge on any atom is 0.489 e. The Labute approximate surface area is 136 Å². The van der Waals surface area contributed by atoms with Crippen molar-refractivity contribution in [1.82, 2.24) is 0 Å². The van der Waals surface area contributed by atoms with E-state index in [9.17, 15) is 4.91 Å². The van der Waals surface area contributed by atoms with Gasteiger partial charge in [0.25, 0.3) is 0 Å². The summed E-state index contributed by atoms with van der Waals surface area (Å²) in [5, 5.41) is 35.7. The van der Waals surface area contributed by atoms with E-state index in [-0.39, 0.29) is 38.8 Å². The van der Waals surface area contributed by atoms with Gasteiger partial charge >= 0.3 is 5.09 Å². The van der Waals surface area contributed by atoms with Gasteiger partial charge in [-0.05, 0) is 24.3 Å². The van der Waals surface area contributed by atoms with Gasteiger partial charge in [-0.2, -0.15) is 21.0 Å². The number of nitriles is 4. The first-order valence-corrected chi connectivity index (χ1v) is 6.34. The summed E-state index contributed by atoms with van der Waals surface area (Å²) < 4.78 is 0. The topological polar surface area (TPSA) is 134 Å². The van der Waals surface area contributed by atoms with Gasteiger partial charge in [-0.1, -0.05) is 12.1 Å². The lowest BCUT2D eigenvalue weighted by Gasteiger charge is -2.00. The van der Waals surface area contributed by atoms with Crippen molar-refractivity contribution in [3.8, 4) is 35.8 Å². The van der Waals surface area contributed by atoms with Crippen LogP contribution in [0.5, 0.6) is 11.5 Å². The highest BCUT2D eigenvalue weighted by molar-refractivity contribution is 5.54. The second-order valence-corrected chi connectivity index (χ2v) is 4.21. The molecule has 0 radical (unpaired) electrons. The van der Waals surface area contributed by atoms with Crippen LogP contribution in [-0.2, 0) is 0 Å². The second kappa shape index (κ2) is 7.04. The van der Waals surface area contributed by atoms with Gasteiger partial charge in [-0.3, -0.25) is 0 Å². The van der Waals surface area contributed by atoms with Gasteiger partial charge in [0.1, 0.15) is 40.3 Å². The normalized spacial score (nSPS) is 8.83. The largest absolute Gasteiger partial charge is 0.489 e. The molecule has 0 atom stereocenters. The SMILES string of the molecule is N#Cc1cccc(O[N+](=O)Oc2cccc(C#N)c2C#N)c1C#N. The molecule has 0 saturated carbocycles. The van der Waals surface area contributed by atoms with Crippen molar-refractivity contribution in [2.45, 2.75) is 0 Å². The van der Waals surface area contributed by atoms with Crippen LogP contribution >= 0.6 is 0 Å². The van der Waals surface area contributed by atoms with Crippen molar-refractivity contribution in [3.05, 3.63) is 63.6 Å². The number of benzene rings is 2. The van der Waals surface area contributed by atoms with Crippen LogP contribution in [0.1, 0.15) is 22.3 Å². The summed E-state index contributed by atoms with van der Waals surface area (Å²) >= 11 is 0. The van der Waals surface area contributed by atoms with Gasteiger partial charge in [-0.15, -0.1) is 9.68 Å². The van der Waals surface area contributed by atoms with Gasteiger partial charge < -0.3 is 0 Å². The molecule has 0 unspecified atom stereocenters. The molecule has 0 saturated heterocycles. The zero-order valence-electron chi connectivity index (χ0n) is 11.9. The quantitative estimate of drug-likeness (QED) is 0.789. The van der Waals surface area contributed by atoms with Crippen molar-refractivity contribution in [1.29, 1.82) is 21.0 Å². The Morgan fingerprint density at radius 1 is 0.708 bits per heavy atom. The summed E-state index contributed by atoms with van der Waals surface area (Å²) in [5.41, 5.74) is -0.188. The molecule has 8 nitrogen and oxygen atoms in total. The molecular weight excluding hydrogens is 310 g/mol. The van der Waals surface area contributed by atoms with E-state index in [2.05, 4.69) is 0 Å². The first-order chi connectivity index (χ1) is 11.6. The molecule has 0 aromatic heterocycles. The number of hydrogen-bond donors (Lipinski definition) is 0. The fourth-order valence-electron chi connectivity index (χ4n) is 1.81. The molecule has 24 heavy (non-hydrogen) atoms. The highest BCUT2D eigenvalue weighted by Gasteiger charge is 2.24. The van der Waals surface area contributed by atoms with Crippen LogP contribution in [0.2, 0.25) is 0 Å². The minimum atomic E-state index is -0.311. The average molecular weight is 316 g/mol. The monoisotopic (exact) mass is 316 g/mol. The van der Waals surface area contributed by atoms with Gasteiger partial charge in [-0.25, -0.2) is 0 Å². The molecule has 0 fully saturated rings. The molecule has 2 rings (SSSR count). The Morgan fingerprint density at radius 3 is 1.46 bits per heavy atom. The van der Waals surface area contributed by atoms with E-state index in [1.165, 1.54) is 36.4 Å². The Hall–Kier alpha value is -4.40. The van der Waals surface area contributed by atoms with E-state index in [0.29, 0.717) is 0 Å². The van der Waals surface area contributed by atoms with Crippen LogP contribution in [0.15, 0.2) is 36.4 Å². The van der Waals surface area contributed by atoms with Crippen LogP contribution in [0.25, 0.3) is 0 Å². The van der Waals surface area contributed by atoms with Crippen LogP contribution < -0.4 is 9.68 Å². The van der Waals surface area contributed by atoms with E-state index < -0.39 is 0 Å². The molecule has 8 heteroatoms. The fourth-order valence-corrected chi connectivity index (χ4v) is 1.81. The Balaban J connectivity index is 2.29. The average Bonchev–Trinajstić information content (AvgIpc) is 2.60. The first-order valence-electron chi connectivity index (χ1n) is 6.34.